The fraction of sp³-hybridized carbons (Fsp3) is 0.176. The van der Waals surface area contributed by atoms with Gasteiger partial charge in [-0.2, -0.15) is 0 Å². The van der Waals surface area contributed by atoms with Crippen molar-refractivity contribution >= 4 is 17.0 Å². The summed E-state index contributed by atoms with van der Waals surface area (Å²) >= 11 is 1.58. The molecule has 4 heteroatoms. The van der Waals surface area contributed by atoms with E-state index in [4.69, 9.17) is 5.73 Å². The van der Waals surface area contributed by atoms with Crippen LogP contribution in [0.3, 0.4) is 0 Å². The van der Waals surface area contributed by atoms with Gasteiger partial charge in [-0.3, -0.25) is 4.98 Å². The van der Waals surface area contributed by atoms with E-state index >= 15 is 0 Å². The van der Waals surface area contributed by atoms with Crippen LogP contribution in [0.5, 0.6) is 0 Å². The molecule has 2 heterocycles. The highest BCUT2D eigenvalue weighted by Crippen LogP contribution is 2.36. The van der Waals surface area contributed by atoms with Crippen LogP contribution in [0.1, 0.15) is 19.0 Å². The molecule has 0 bridgehead atoms. The van der Waals surface area contributed by atoms with E-state index in [1.165, 1.54) is 0 Å². The zero-order valence-electron chi connectivity index (χ0n) is 11.9. The normalized spacial score (nSPS) is 10.7. The quantitative estimate of drug-likeness (QED) is 0.725. The zero-order valence-corrected chi connectivity index (χ0v) is 12.7. The number of anilines is 1. The van der Waals surface area contributed by atoms with Gasteiger partial charge in [0.1, 0.15) is 0 Å². The van der Waals surface area contributed by atoms with E-state index < -0.39 is 0 Å². The van der Waals surface area contributed by atoms with E-state index in [1.807, 2.05) is 35.3 Å². The minimum absolute atomic E-state index is 0.757. The second kappa shape index (κ2) is 6.06. The standard InChI is InChI=1S/C17H17N3S/c1-2-4-13-9-12(7-8-19-13)14-5-3-6-15(18)17(14)16-10-21-11-20-16/h3,5-11H,2,4,18H2,1H3. The Hall–Kier alpha value is -2.20. The van der Waals surface area contributed by atoms with Crippen LogP contribution in [0.25, 0.3) is 22.4 Å². The van der Waals surface area contributed by atoms with Gasteiger partial charge >= 0.3 is 0 Å². The van der Waals surface area contributed by atoms with Crippen LogP contribution < -0.4 is 5.73 Å². The molecule has 1 aromatic carbocycles. The summed E-state index contributed by atoms with van der Waals surface area (Å²) in [5.41, 5.74) is 14.1. The molecule has 0 atom stereocenters. The van der Waals surface area contributed by atoms with Crippen molar-refractivity contribution in [3.63, 3.8) is 0 Å². The minimum atomic E-state index is 0.757. The summed E-state index contributed by atoms with van der Waals surface area (Å²) in [4.78, 5) is 8.84. The number of thiazole rings is 1. The average molecular weight is 295 g/mol. The van der Waals surface area contributed by atoms with Gasteiger partial charge in [-0.05, 0) is 35.7 Å². The number of aromatic nitrogens is 2. The fourth-order valence-electron chi connectivity index (χ4n) is 2.47. The van der Waals surface area contributed by atoms with E-state index in [0.29, 0.717) is 0 Å². The molecule has 21 heavy (non-hydrogen) atoms. The minimum Gasteiger partial charge on any atom is -0.398 e. The topological polar surface area (TPSA) is 51.8 Å². The molecule has 0 aliphatic heterocycles. The van der Waals surface area contributed by atoms with Crippen molar-refractivity contribution in [2.75, 3.05) is 5.73 Å². The predicted octanol–water partition coefficient (Wildman–Crippen LogP) is 4.41. The number of hydrogen-bond donors (Lipinski definition) is 1. The Kier molecular flexibility index (Phi) is 3.97. The Morgan fingerprint density at radius 1 is 1.19 bits per heavy atom. The van der Waals surface area contributed by atoms with Gasteiger partial charge in [0, 0.05) is 28.5 Å². The first-order chi connectivity index (χ1) is 10.3. The Labute approximate surface area is 128 Å². The lowest BCUT2D eigenvalue weighted by Crippen LogP contribution is -1.95. The molecule has 0 aliphatic carbocycles. The number of nitrogens with zero attached hydrogens (tertiary/aromatic N) is 2. The highest BCUT2D eigenvalue weighted by Gasteiger charge is 2.12. The number of hydrogen-bond acceptors (Lipinski definition) is 4. The second-order valence-electron chi connectivity index (χ2n) is 4.93. The van der Waals surface area contributed by atoms with Crippen LogP contribution in [0.4, 0.5) is 5.69 Å². The van der Waals surface area contributed by atoms with E-state index in [9.17, 15) is 0 Å². The molecule has 0 radical (unpaired) electrons. The molecule has 0 fully saturated rings. The van der Waals surface area contributed by atoms with Crippen molar-refractivity contribution in [2.24, 2.45) is 0 Å². The van der Waals surface area contributed by atoms with Gasteiger partial charge in [-0.15, -0.1) is 11.3 Å². The SMILES string of the molecule is CCCc1cc(-c2cccc(N)c2-c2cscn2)ccn1. The molecule has 0 aliphatic rings. The third-order valence-electron chi connectivity index (χ3n) is 3.42. The number of pyridine rings is 1. The lowest BCUT2D eigenvalue weighted by Gasteiger charge is -2.11. The molecule has 2 aromatic heterocycles. The van der Waals surface area contributed by atoms with Crippen molar-refractivity contribution in [3.8, 4) is 22.4 Å². The largest absolute Gasteiger partial charge is 0.398 e. The summed E-state index contributed by atoms with van der Waals surface area (Å²) in [5.74, 6) is 0. The second-order valence-corrected chi connectivity index (χ2v) is 5.65. The summed E-state index contributed by atoms with van der Waals surface area (Å²) in [5, 5.41) is 2.03. The first kappa shape index (κ1) is 13.8. The number of nitrogens with two attached hydrogens (primary N) is 1. The van der Waals surface area contributed by atoms with Crippen LogP contribution in [0, 0.1) is 0 Å². The van der Waals surface area contributed by atoms with Crippen molar-refractivity contribution in [2.45, 2.75) is 19.8 Å². The average Bonchev–Trinajstić information content (AvgIpc) is 3.01. The molecule has 0 unspecified atom stereocenters. The van der Waals surface area contributed by atoms with Gasteiger partial charge in [0.05, 0.1) is 11.2 Å². The van der Waals surface area contributed by atoms with Gasteiger partial charge in [-0.25, -0.2) is 4.98 Å². The number of nitrogen functional groups attached to an aromatic ring is 1. The molecule has 0 saturated heterocycles. The van der Waals surface area contributed by atoms with Crippen LogP contribution in [-0.4, -0.2) is 9.97 Å². The van der Waals surface area contributed by atoms with Crippen molar-refractivity contribution in [1.82, 2.24) is 9.97 Å². The Morgan fingerprint density at radius 2 is 2.10 bits per heavy atom. The number of benzene rings is 1. The van der Waals surface area contributed by atoms with E-state index in [0.717, 1.165) is 46.6 Å². The summed E-state index contributed by atoms with van der Waals surface area (Å²) < 4.78 is 0. The molecule has 106 valence electrons. The maximum atomic E-state index is 6.20. The van der Waals surface area contributed by atoms with E-state index in [1.54, 1.807) is 11.3 Å². The fourth-order valence-corrected chi connectivity index (χ4v) is 3.01. The van der Waals surface area contributed by atoms with Gasteiger partial charge in [0.2, 0.25) is 0 Å². The molecule has 0 amide bonds. The molecule has 0 spiro atoms. The molecular weight excluding hydrogens is 278 g/mol. The maximum Gasteiger partial charge on any atom is 0.0838 e. The monoisotopic (exact) mass is 295 g/mol. The van der Waals surface area contributed by atoms with Gasteiger partial charge in [0.25, 0.3) is 0 Å². The molecular formula is C17H17N3S. The van der Waals surface area contributed by atoms with Crippen LogP contribution in [0.2, 0.25) is 0 Å². The first-order valence-corrected chi connectivity index (χ1v) is 7.96. The first-order valence-electron chi connectivity index (χ1n) is 7.02. The Balaban J connectivity index is 2.15. The Bertz CT molecular complexity index is 736. The van der Waals surface area contributed by atoms with Gasteiger partial charge < -0.3 is 5.73 Å². The van der Waals surface area contributed by atoms with E-state index in [2.05, 4.69) is 29.0 Å². The number of rotatable bonds is 4. The lowest BCUT2D eigenvalue weighted by molar-refractivity contribution is 0.883. The third-order valence-corrected chi connectivity index (χ3v) is 4.01. The highest BCUT2D eigenvalue weighted by atomic mass is 32.1. The zero-order chi connectivity index (χ0) is 14.7. The summed E-state index contributed by atoms with van der Waals surface area (Å²) in [6, 6.07) is 10.2. The number of aryl methyl sites for hydroxylation is 1. The maximum absolute atomic E-state index is 6.20. The molecule has 0 saturated carbocycles. The molecule has 2 N–H and O–H groups in total. The molecule has 3 rings (SSSR count). The van der Waals surface area contributed by atoms with Gasteiger partial charge in [-0.1, -0.05) is 25.5 Å². The summed E-state index contributed by atoms with van der Waals surface area (Å²) in [7, 11) is 0. The van der Waals surface area contributed by atoms with Crippen molar-refractivity contribution < 1.29 is 0 Å². The Morgan fingerprint density at radius 3 is 2.86 bits per heavy atom. The van der Waals surface area contributed by atoms with Crippen LogP contribution in [0.15, 0.2) is 47.4 Å². The van der Waals surface area contributed by atoms with Crippen molar-refractivity contribution in [1.29, 1.82) is 0 Å². The highest BCUT2D eigenvalue weighted by molar-refractivity contribution is 7.07. The van der Waals surface area contributed by atoms with Crippen LogP contribution in [-0.2, 0) is 6.42 Å². The summed E-state index contributed by atoms with van der Waals surface area (Å²) in [6.45, 7) is 2.16. The van der Waals surface area contributed by atoms with Gasteiger partial charge in [0.15, 0.2) is 0 Å². The lowest BCUT2D eigenvalue weighted by atomic mass is 9.96. The molecule has 3 aromatic rings. The molecule has 3 nitrogen and oxygen atoms in total. The predicted molar refractivity (Wildman–Crippen MR) is 89.2 cm³/mol. The smallest absolute Gasteiger partial charge is 0.0838 e. The third kappa shape index (κ3) is 2.81. The van der Waals surface area contributed by atoms with Crippen molar-refractivity contribution in [3.05, 3.63) is 53.1 Å². The van der Waals surface area contributed by atoms with E-state index in [-0.39, 0.29) is 0 Å². The summed E-state index contributed by atoms with van der Waals surface area (Å²) in [6.07, 6.45) is 3.95. The van der Waals surface area contributed by atoms with Crippen LogP contribution >= 0.6 is 11.3 Å².